The summed E-state index contributed by atoms with van der Waals surface area (Å²) in [7, 11) is 0. The van der Waals surface area contributed by atoms with Crippen molar-refractivity contribution in [2.24, 2.45) is 0 Å². The van der Waals surface area contributed by atoms with Crippen LogP contribution < -0.4 is 5.32 Å². The summed E-state index contributed by atoms with van der Waals surface area (Å²) in [6.45, 7) is 6.84. The van der Waals surface area contributed by atoms with Crippen molar-refractivity contribution < 1.29 is 4.79 Å². The van der Waals surface area contributed by atoms with Crippen LogP contribution in [-0.4, -0.2) is 15.5 Å². The van der Waals surface area contributed by atoms with Gasteiger partial charge in [0.2, 0.25) is 0 Å². The van der Waals surface area contributed by atoms with Gasteiger partial charge in [0.25, 0.3) is 5.91 Å². The number of benzene rings is 2. The first-order valence-corrected chi connectivity index (χ1v) is 12.5. The van der Waals surface area contributed by atoms with Gasteiger partial charge in [0.05, 0.1) is 10.6 Å². The second kappa shape index (κ2) is 10.7. The summed E-state index contributed by atoms with van der Waals surface area (Å²) in [6.07, 6.45) is 3.56. The highest BCUT2D eigenvalue weighted by molar-refractivity contribution is 7.99. The summed E-state index contributed by atoms with van der Waals surface area (Å²) < 4.78 is 2.20. The van der Waals surface area contributed by atoms with Crippen LogP contribution in [0.4, 0.5) is 5.69 Å². The predicted molar refractivity (Wildman–Crippen MR) is 142 cm³/mol. The topological polar surface area (TPSA) is 46.9 Å². The molecule has 0 aliphatic carbocycles. The van der Waals surface area contributed by atoms with Crippen LogP contribution in [-0.2, 0) is 6.54 Å². The van der Waals surface area contributed by atoms with Gasteiger partial charge in [0.1, 0.15) is 0 Å². The summed E-state index contributed by atoms with van der Waals surface area (Å²) in [6, 6.07) is 19.0. The van der Waals surface area contributed by atoms with E-state index in [1.54, 1.807) is 30.2 Å². The zero-order chi connectivity index (χ0) is 24.2. The molecule has 1 amide bonds. The summed E-state index contributed by atoms with van der Waals surface area (Å²) in [5.41, 5.74) is 4.47. The minimum Gasteiger partial charge on any atom is -0.334 e. The van der Waals surface area contributed by atoms with Crippen molar-refractivity contribution in [1.29, 1.82) is 0 Å². The minimum atomic E-state index is -0.119. The number of anilines is 1. The van der Waals surface area contributed by atoms with E-state index in [4.69, 9.17) is 23.2 Å². The number of hydrogen-bond acceptors (Lipinski definition) is 3. The molecular weight excluding hydrogens is 485 g/mol. The summed E-state index contributed by atoms with van der Waals surface area (Å²) in [5, 5.41) is 5.22. The van der Waals surface area contributed by atoms with Gasteiger partial charge in [-0.05, 0) is 66.4 Å². The highest BCUT2D eigenvalue weighted by Crippen LogP contribution is 2.41. The molecule has 0 unspecified atom stereocenters. The number of pyridine rings is 1. The number of hydrogen-bond donors (Lipinski definition) is 1. The first-order valence-electron chi connectivity index (χ1n) is 11.0. The molecule has 0 fully saturated rings. The van der Waals surface area contributed by atoms with E-state index in [0.29, 0.717) is 22.2 Å². The molecule has 1 N–H and O–H groups in total. The van der Waals surface area contributed by atoms with Gasteiger partial charge in [0.15, 0.2) is 0 Å². The SMILES string of the molecule is Cc1c(C(=O)Nc2ccccc2)c(C(C)C)c(Sc2cc(Cl)cc(Cl)c2)n1Cc1ccncc1. The van der Waals surface area contributed by atoms with E-state index in [0.717, 1.165) is 32.4 Å². The first kappa shape index (κ1) is 24.4. The average molecular weight is 510 g/mol. The number of carbonyl (C=O) groups excluding carboxylic acids is 1. The van der Waals surface area contributed by atoms with Crippen LogP contribution in [0.15, 0.2) is 83.0 Å². The Bertz CT molecular complexity index is 1280. The number of aromatic nitrogens is 2. The smallest absolute Gasteiger partial charge is 0.257 e. The van der Waals surface area contributed by atoms with Crippen LogP contribution >= 0.6 is 35.0 Å². The van der Waals surface area contributed by atoms with Crippen molar-refractivity contribution in [3.05, 3.63) is 105 Å². The molecule has 4 rings (SSSR count). The van der Waals surface area contributed by atoms with Crippen molar-refractivity contribution >= 4 is 46.6 Å². The fourth-order valence-corrected chi connectivity index (χ4v) is 5.95. The van der Waals surface area contributed by atoms with E-state index < -0.39 is 0 Å². The Morgan fingerprint density at radius 2 is 1.68 bits per heavy atom. The number of amides is 1. The van der Waals surface area contributed by atoms with Gasteiger partial charge in [-0.25, -0.2) is 0 Å². The highest BCUT2D eigenvalue weighted by Gasteiger charge is 2.28. The predicted octanol–water partition coefficient (Wildman–Crippen LogP) is 8.07. The van der Waals surface area contributed by atoms with Gasteiger partial charge in [-0.2, -0.15) is 0 Å². The zero-order valence-corrected chi connectivity index (χ0v) is 21.5. The molecule has 2 aromatic carbocycles. The normalized spacial score (nSPS) is 11.1. The molecule has 2 aromatic heterocycles. The third-order valence-corrected chi connectivity index (χ3v) is 7.03. The van der Waals surface area contributed by atoms with Crippen molar-refractivity contribution in [2.75, 3.05) is 5.32 Å². The quantitative estimate of drug-likeness (QED) is 0.273. The molecule has 0 aliphatic rings. The highest BCUT2D eigenvalue weighted by atomic mass is 35.5. The molecule has 0 aliphatic heterocycles. The molecule has 0 spiro atoms. The first-order chi connectivity index (χ1) is 16.3. The van der Waals surface area contributed by atoms with Crippen LogP contribution in [0.3, 0.4) is 0 Å². The van der Waals surface area contributed by atoms with E-state index in [9.17, 15) is 4.79 Å². The molecule has 7 heteroatoms. The molecular formula is C27H25Cl2N3OS. The molecule has 4 nitrogen and oxygen atoms in total. The average Bonchev–Trinajstić information content (AvgIpc) is 3.06. The van der Waals surface area contributed by atoms with Crippen LogP contribution in [0, 0.1) is 6.92 Å². The number of para-hydroxylation sites is 1. The molecule has 174 valence electrons. The van der Waals surface area contributed by atoms with Crippen molar-refractivity contribution in [2.45, 2.75) is 43.2 Å². The number of nitrogens with zero attached hydrogens (tertiary/aromatic N) is 2. The van der Waals surface area contributed by atoms with Gasteiger partial charge >= 0.3 is 0 Å². The van der Waals surface area contributed by atoms with Gasteiger partial charge < -0.3 is 9.88 Å². The lowest BCUT2D eigenvalue weighted by molar-refractivity contribution is 0.102. The fraction of sp³-hybridized carbons (Fsp3) is 0.185. The molecule has 4 aromatic rings. The monoisotopic (exact) mass is 509 g/mol. The molecule has 0 bridgehead atoms. The Morgan fingerprint density at radius 3 is 2.29 bits per heavy atom. The Morgan fingerprint density at radius 1 is 1.03 bits per heavy atom. The van der Waals surface area contributed by atoms with Crippen molar-refractivity contribution in [3.63, 3.8) is 0 Å². The van der Waals surface area contributed by atoms with Crippen LogP contribution in [0.5, 0.6) is 0 Å². The third-order valence-electron chi connectivity index (χ3n) is 5.49. The van der Waals surface area contributed by atoms with Crippen LogP contribution in [0.25, 0.3) is 0 Å². The second-order valence-electron chi connectivity index (χ2n) is 8.30. The third kappa shape index (κ3) is 5.49. The Balaban J connectivity index is 1.85. The van der Waals surface area contributed by atoms with E-state index >= 15 is 0 Å². The van der Waals surface area contributed by atoms with Crippen molar-refractivity contribution in [3.8, 4) is 0 Å². The lowest BCUT2D eigenvalue weighted by atomic mass is 10.00. The molecule has 34 heavy (non-hydrogen) atoms. The summed E-state index contributed by atoms with van der Waals surface area (Å²) >= 11 is 14.2. The molecule has 0 saturated carbocycles. The maximum atomic E-state index is 13.6. The number of halogens is 2. The second-order valence-corrected chi connectivity index (χ2v) is 10.2. The van der Waals surface area contributed by atoms with Crippen LogP contribution in [0.1, 0.15) is 46.9 Å². The number of rotatable bonds is 7. The van der Waals surface area contributed by atoms with Gasteiger partial charge in [-0.1, -0.05) is 67.0 Å². The molecule has 0 saturated heterocycles. The lowest BCUT2D eigenvalue weighted by Gasteiger charge is -2.15. The van der Waals surface area contributed by atoms with E-state index in [1.165, 1.54) is 0 Å². The van der Waals surface area contributed by atoms with Gasteiger partial charge in [-0.15, -0.1) is 0 Å². The minimum absolute atomic E-state index is 0.117. The summed E-state index contributed by atoms with van der Waals surface area (Å²) in [5.74, 6) is -0.00192. The Hall–Kier alpha value is -2.73. The van der Waals surface area contributed by atoms with Gasteiger partial charge in [0, 0.05) is 45.3 Å². The standard InChI is InChI=1S/C27H25Cl2N3OS/c1-17(2)24-25(26(33)31-22-7-5-4-6-8-22)18(3)32(16-19-9-11-30-12-10-19)27(24)34-23-14-20(28)13-21(29)15-23/h4-15,17H,16H2,1-3H3,(H,31,33). The Kier molecular flexibility index (Phi) is 7.67. The maximum Gasteiger partial charge on any atom is 0.257 e. The number of carbonyl (C=O) groups is 1. The van der Waals surface area contributed by atoms with Crippen molar-refractivity contribution in [1.82, 2.24) is 9.55 Å². The molecule has 0 atom stereocenters. The van der Waals surface area contributed by atoms with E-state index in [2.05, 4.69) is 28.7 Å². The zero-order valence-electron chi connectivity index (χ0n) is 19.2. The molecule has 2 heterocycles. The van der Waals surface area contributed by atoms with E-state index in [1.807, 2.05) is 61.5 Å². The van der Waals surface area contributed by atoms with Gasteiger partial charge in [-0.3, -0.25) is 9.78 Å². The van der Waals surface area contributed by atoms with Crippen LogP contribution in [0.2, 0.25) is 10.0 Å². The summed E-state index contributed by atoms with van der Waals surface area (Å²) in [4.78, 5) is 18.6. The number of nitrogens with one attached hydrogen (secondary N) is 1. The van der Waals surface area contributed by atoms with E-state index in [-0.39, 0.29) is 11.8 Å². The lowest BCUT2D eigenvalue weighted by Crippen LogP contribution is -2.15. The maximum absolute atomic E-state index is 13.6. The Labute approximate surface area is 214 Å². The molecule has 0 radical (unpaired) electrons. The largest absolute Gasteiger partial charge is 0.334 e. The fourth-order valence-electron chi connectivity index (χ4n) is 3.94.